The smallest absolute Gasteiger partial charge is 0.0246 e. The first-order valence-electron chi connectivity index (χ1n) is 7.64. The molecule has 17 heavy (non-hydrogen) atoms. The number of nitrogens with zero attached hydrogens (tertiary/aromatic N) is 1. The van der Waals surface area contributed by atoms with Gasteiger partial charge in [0.2, 0.25) is 0 Å². The van der Waals surface area contributed by atoms with Crippen LogP contribution in [0, 0.1) is 5.41 Å². The minimum atomic E-state index is 0.487. The molecule has 1 unspecified atom stereocenters. The minimum absolute atomic E-state index is 0.487. The predicted molar refractivity (Wildman–Crippen MR) is 74.3 cm³/mol. The van der Waals surface area contributed by atoms with Crippen molar-refractivity contribution in [3.63, 3.8) is 0 Å². The molecule has 2 rings (SSSR count). The molecule has 1 atom stereocenters. The maximum atomic E-state index is 3.75. The Bertz CT molecular complexity index is 217. The molecule has 1 N–H and O–H groups in total. The fraction of sp³-hybridized carbons (Fsp3) is 1.00. The number of rotatable bonds is 2. The number of piperidine rings is 1. The molecule has 2 heteroatoms. The van der Waals surface area contributed by atoms with Gasteiger partial charge in [-0.05, 0) is 50.7 Å². The van der Waals surface area contributed by atoms with Crippen LogP contribution in [0.2, 0.25) is 0 Å². The highest BCUT2D eigenvalue weighted by Gasteiger charge is 2.32. The van der Waals surface area contributed by atoms with Gasteiger partial charge in [-0.2, -0.15) is 0 Å². The number of hydrogen-bond donors (Lipinski definition) is 1. The van der Waals surface area contributed by atoms with Crippen molar-refractivity contribution in [2.24, 2.45) is 5.41 Å². The third-order valence-electron chi connectivity index (χ3n) is 4.72. The standard InChI is InChI=1S/C15H30N2/c1-15(2)9-8-10-16-14(15)13-17-11-6-4-3-5-7-12-17/h14,16H,3-13H2,1-2H3. The first kappa shape index (κ1) is 13.4. The highest BCUT2D eigenvalue weighted by atomic mass is 15.2. The van der Waals surface area contributed by atoms with Gasteiger partial charge in [-0.15, -0.1) is 0 Å². The van der Waals surface area contributed by atoms with Gasteiger partial charge in [0.25, 0.3) is 0 Å². The molecule has 100 valence electrons. The average Bonchev–Trinajstić information content (AvgIpc) is 2.24. The van der Waals surface area contributed by atoms with Gasteiger partial charge in [-0.3, -0.25) is 0 Å². The molecular weight excluding hydrogens is 208 g/mol. The first-order chi connectivity index (χ1) is 8.18. The van der Waals surface area contributed by atoms with Crippen LogP contribution < -0.4 is 5.32 Å². The van der Waals surface area contributed by atoms with Crippen molar-refractivity contribution in [3.05, 3.63) is 0 Å². The fourth-order valence-corrected chi connectivity index (χ4v) is 3.34. The van der Waals surface area contributed by atoms with E-state index in [2.05, 4.69) is 24.1 Å². The zero-order chi connectivity index (χ0) is 12.1. The van der Waals surface area contributed by atoms with Crippen LogP contribution in [0.5, 0.6) is 0 Å². The van der Waals surface area contributed by atoms with Crippen molar-refractivity contribution >= 4 is 0 Å². The van der Waals surface area contributed by atoms with E-state index in [1.165, 1.54) is 71.1 Å². The number of likely N-dealkylation sites (tertiary alicyclic amines) is 1. The molecule has 0 spiro atoms. The second-order valence-electron chi connectivity index (χ2n) is 6.67. The van der Waals surface area contributed by atoms with E-state index in [0.29, 0.717) is 11.5 Å². The molecule has 0 saturated carbocycles. The van der Waals surface area contributed by atoms with Gasteiger partial charge in [0.05, 0.1) is 0 Å². The van der Waals surface area contributed by atoms with E-state index in [1.54, 1.807) is 0 Å². The average molecular weight is 238 g/mol. The molecule has 2 heterocycles. The molecule has 2 aliphatic heterocycles. The zero-order valence-corrected chi connectivity index (χ0v) is 11.8. The van der Waals surface area contributed by atoms with Crippen LogP contribution in [0.15, 0.2) is 0 Å². The third-order valence-corrected chi connectivity index (χ3v) is 4.72. The lowest BCUT2D eigenvalue weighted by molar-refractivity contribution is 0.121. The Hall–Kier alpha value is -0.0800. The normalized spacial score (nSPS) is 31.8. The molecule has 2 nitrogen and oxygen atoms in total. The molecule has 0 aromatic carbocycles. The molecule has 0 amide bonds. The minimum Gasteiger partial charge on any atom is -0.312 e. The summed E-state index contributed by atoms with van der Waals surface area (Å²) < 4.78 is 0. The summed E-state index contributed by atoms with van der Waals surface area (Å²) in [4.78, 5) is 2.71. The maximum Gasteiger partial charge on any atom is 0.0246 e. The largest absolute Gasteiger partial charge is 0.312 e. The van der Waals surface area contributed by atoms with Gasteiger partial charge >= 0.3 is 0 Å². The van der Waals surface area contributed by atoms with Gasteiger partial charge in [0, 0.05) is 12.6 Å². The van der Waals surface area contributed by atoms with Crippen molar-refractivity contribution in [2.45, 2.75) is 64.8 Å². The Morgan fingerprint density at radius 2 is 1.65 bits per heavy atom. The summed E-state index contributed by atoms with van der Waals surface area (Å²) >= 11 is 0. The van der Waals surface area contributed by atoms with Gasteiger partial charge in [-0.25, -0.2) is 0 Å². The van der Waals surface area contributed by atoms with Crippen molar-refractivity contribution < 1.29 is 0 Å². The summed E-state index contributed by atoms with van der Waals surface area (Å²) in [7, 11) is 0. The Labute approximate surface area is 107 Å². The van der Waals surface area contributed by atoms with Crippen molar-refractivity contribution in [1.29, 1.82) is 0 Å². The molecular formula is C15H30N2. The van der Waals surface area contributed by atoms with Gasteiger partial charge in [0.15, 0.2) is 0 Å². The van der Waals surface area contributed by atoms with Gasteiger partial charge in [-0.1, -0.05) is 33.1 Å². The zero-order valence-electron chi connectivity index (χ0n) is 11.8. The summed E-state index contributed by atoms with van der Waals surface area (Å²) in [6.07, 6.45) is 9.90. The van der Waals surface area contributed by atoms with E-state index in [9.17, 15) is 0 Å². The molecule has 2 fully saturated rings. The summed E-state index contributed by atoms with van der Waals surface area (Å²) in [5, 5.41) is 3.75. The third kappa shape index (κ3) is 3.96. The van der Waals surface area contributed by atoms with Crippen LogP contribution in [0.1, 0.15) is 58.8 Å². The molecule has 0 aromatic rings. The quantitative estimate of drug-likeness (QED) is 0.795. The van der Waals surface area contributed by atoms with Crippen molar-refractivity contribution in [3.8, 4) is 0 Å². The Kier molecular flexibility index (Phi) is 4.87. The van der Waals surface area contributed by atoms with E-state index in [4.69, 9.17) is 0 Å². The summed E-state index contributed by atoms with van der Waals surface area (Å²) in [6, 6.07) is 0.704. The summed E-state index contributed by atoms with van der Waals surface area (Å²) in [6.45, 7) is 10.0. The van der Waals surface area contributed by atoms with Crippen molar-refractivity contribution in [1.82, 2.24) is 10.2 Å². The number of hydrogen-bond acceptors (Lipinski definition) is 2. The van der Waals surface area contributed by atoms with E-state index in [-0.39, 0.29) is 0 Å². The van der Waals surface area contributed by atoms with E-state index in [0.717, 1.165) is 0 Å². The fourth-order valence-electron chi connectivity index (χ4n) is 3.34. The molecule has 2 saturated heterocycles. The van der Waals surface area contributed by atoms with Gasteiger partial charge in [0.1, 0.15) is 0 Å². The summed E-state index contributed by atoms with van der Waals surface area (Å²) in [5.41, 5.74) is 0.487. The highest BCUT2D eigenvalue weighted by molar-refractivity contribution is 4.90. The maximum absolute atomic E-state index is 3.75. The van der Waals surface area contributed by atoms with Crippen LogP contribution in [0.4, 0.5) is 0 Å². The second kappa shape index (κ2) is 6.19. The Morgan fingerprint density at radius 3 is 2.29 bits per heavy atom. The lowest BCUT2D eigenvalue weighted by Crippen LogP contribution is -2.53. The molecule has 0 radical (unpaired) electrons. The molecule has 0 aromatic heterocycles. The Balaban J connectivity index is 1.84. The van der Waals surface area contributed by atoms with E-state index >= 15 is 0 Å². The van der Waals surface area contributed by atoms with E-state index < -0.39 is 0 Å². The highest BCUT2D eigenvalue weighted by Crippen LogP contribution is 2.30. The monoisotopic (exact) mass is 238 g/mol. The van der Waals surface area contributed by atoms with Crippen LogP contribution in [0.25, 0.3) is 0 Å². The van der Waals surface area contributed by atoms with Crippen LogP contribution in [0.3, 0.4) is 0 Å². The summed E-state index contributed by atoms with van der Waals surface area (Å²) in [5.74, 6) is 0. The van der Waals surface area contributed by atoms with Crippen molar-refractivity contribution in [2.75, 3.05) is 26.2 Å². The SMILES string of the molecule is CC1(C)CCCNC1CN1CCCCCCC1. The topological polar surface area (TPSA) is 15.3 Å². The molecule has 0 bridgehead atoms. The lowest BCUT2D eigenvalue weighted by Gasteiger charge is -2.42. The second-order valence-corrected chi connectivity index (χ2v) is 6.67. The van der Waals surface area contributed by atoms with Crippen LogP contribution in [-0.4, -0.2) is 37.1 Å². The first-order valence-corrected chi connectivity index (χ1v) is 7.64. The Morgan fingerprint density at radius 1 is 1.00 bits per heavy atom. The molecule has 2 aliphatic rings. The molecule has 0 aliphatic carbocycles. The van der Waals surface area contributed by atoms with Gasteiger partial charge < -0.3 is 10.2 Å². The predicted octanol–water partition coefficient (Wildman–Crippen LogP) is 3.03. The lowest BCUT2D eigenvalue weighted by atomic mass is 9.77. The van der Waals surface area contributed by atoms with E-state index in [1.807, 2.05) is 0 Å². The number of nitrogens with one attached hydrogen (secondary N) is 1. The van der Waals surface area contributed by atoms with Crippen LogP contribution >= 0.6 is 0 Å². The van der Waals surface area contributed by atoms with Crippen LogP contribution in [-0.2, 0) is 0 Å².